The van der Waals surface area contributed by atoms with Crippen molar-refractivity contribution in [2.24, 2.45) is 7.05 Å². The summed E-state index contributed by atoms with van der Waals surface area (Å²) in [6, 6.07) is 1.98. The van der Waals surface area contributed by atoms with Gasteiger partial charge in [-0.25, -0.2) is 4.79 Å². The number of nitrogens with one attached hydrogen (secondary N) is 2. The summed E-state index contributed by atoms with van der Waals surface area (Å²) < 4.78 is 1.65. The van der Waals surface area contributed by atoms with Crippen LogP contribution >= 0.6 is 0 Å². The number of anilines is 1. The molecule has 2 amide bonds. The maximum absolute atomic E-state index is 11.8. The molecule has 1 aliphatic carbocycles. The van der Waals surface area contributed by atoms with Crippen molar-refractivity contribution in [3.63, 3.8) is 0 Å². The predicted octanol–water partition coefficient (Wildman–Crippen LogP) is 2.26. The molecule has 0 radical (unpaired) electrons. The molecule has 1 saturated carbocycles. The first-order chi connectivity index (χ1) is 8.25. The van der Waals surface area contributed by atoms with Gasteiger partial charge in [0.25, 0.3) is 0 Å². The van der Waals surface area contributed by atoms with Crippen LogP contribution in [0.15, 0.2) is 12.3 Å². The van der Waals surface area contributed by atoms with Gasteiger partial charge in [-0.2, -0.15) is 5.10 Å². The minimum absolute atomic E-state index is 0.125. The van der Waals surface area contributed by atoms with Crippen LogP contribution in [-0.2, 0) is 7.05 Å². The molecule has 5 heteroatoms. The smallest absolute Gasteiger partial charge is 0.320 e. The minimum atomic E-state index is -0.125. The Kier molecular flexibility index (Phi) is 4.01. The molecule has 0 aliphatic heterocycles. The zero-order valence-corrected chi connectivity index (χ0v) is 10.3. The van der Waals surface area contributed by atoms with Crippen molar-refractivity contribution < 1.29 is 4.79 Å². The van der Waals surface area contributed by atoms with Crippen molar-refractivity contribution in [1.29, 1.82) is 0 Å². The third-order valence-corrected chi connectivity index (χ3v) is 3.25. The highest BCUT2D eigenvalue weighted by Gasteiger charge is 2.15. The van der Waals surface area contributed by atoms with Gasteiger partial charge in [0.1, 0.15) is 5.82 Å². The fourth-order valence-corrected chi connectivity index (χ4v) is 2.26. The average molecular weight is 236 g/mol. The number of aryl methyl sites for hydroxylation is 1. The molecule has 0 bridgehead atoms. The number of hydrogen-bond donors (Lipinski definition) is 2. The summed E-state index contributed by atoms with van der Waals surface area (Å²) in [5.74, 6) is 0.719. The van der Waals surface area contributed by atoms with Crippen LogP contribution in [0.3, 0.4) is 0 Å². The lowest BCUT2D eigenvalue weighted by Gasteiger charge is -2.16. The van der Waals surface area contributed by atoms with Gasteiger partial charge in [-0.1, -0.05) is 25.7 Å². The molecule has 1 heterocycles. The second kappa shape index (κ2) is 5.70. The summed E-state index contributed by atoms with van der Waals surface area (Å²) in [6.45, 7) is 0. The van der Waals surface area contributed by atoms with E-state index in [9.17, 15) is 4.79 Å². The van der Waals surface area contributed by atoms with E-state index >= 15 is 0 Å². The lowest BCUT2D eigenvalue weighted by Crippen LogP contribution is -2.38. The molecule has 0 unspecified atom stereocenters. The summed E-state index contributed by atoms with van der Waals surface area (Å²) in [6.07, 6.45) is 8.88. The number of aromatic nitrogens is 2. The zero-order valence-electron chi connectivity index (χ0n) is 10.3. The normalized spacial score (nSPS) is 17.5. The van der Waals surface area contributed by atoms with E-state index < -0.39 is 0 Å². The van der Waals surface area contributed by atoms with Crippen molar-refractivity contribution in [3.8, 4) is 0 Å². The van der Waals surface area contributed by atoms with Gasteiger partial charge in [0.2, 0.25) is 0 Å². The molecule has 2 N–H and O–H groups in total. The standard InChI is InChI=1S/C12H20N4O/c1-16-11(8-9-13-16)15-12(17)14-10-6-4-2-3-5-7-10/h8-10H,2-7H2,1H3,(H2,14,15,17). The van der Waals surface area contributed by atoms with Gasteiger partial charge in [0.05, 0.1) is 6.20 Å². The molecular weight excluding hydrogens is 216 g/mol. The van der Waals surface area contributed by atoms with Crippen molar-refractivity contribution in [2.75, 3.05) is 5.32 Å². The molecule has 1 fully saturated rings. The third kappa shape index (κ3) is 3.47. The van der Waals surface area contributed by atoms with Crippen LogP contribution in [-0.4, -0.2) is 21.9 Å². The molecule has 5 nitrogen and oxygen atoms in total. The number of nitrogens with zero attached hydrogens (tertiary/aromatic N) is 2. The lowest BCUT2D eigenvalue weighted by atomic mass is 10.1. The molecule has 1 aliphatic rings. The van der Waals surface area contributed by atoms with Crippen molar-refractivity contribution in [1.82, 2.24) is 15.1 Å². The summed E-state index contributed by atoms with van der Waals surface area (Å²) in [5, 5.41) is 9.85. The highest BCUT2D eigenvalue weighted by atomic mass is 16.2. The Morgan fingerprint density at radius 1 is 1.35 bits per heavy atom. The maximum Gasteiger partial charge on any atom is 0.320 e. The average Bonchev–Trinajstić information content (AvgIpc) is 2.55. The Morgan fingerprint density at radius 3 is 2.65 bits per heavy atom. The molecule has 1 aromatic rings. The number of amides is 2. The van der Waals surface area contributed by atoms with Crippen LogP contribution in [0.1, 0.15) is 38.5 Å². The fourth-order valence-electron chi connectivity index (χ4n) is 2.26. The van der Waals surface area contributed by atoms with E-state index in [4.69, 9.17) is 0 Å². The number of rotatable bonds is 2. The summed E-state index contributed by atoms with van der Waals surface area (Å²) >= 11 is 0. The second-order valence-electron chi connectivity index (χ2n) is 4.63. The van der Waals surface area contributed by atoms with Gasteiger partial charge in [-0.3, -0.25) is 10.00 Å². The Labute approximate surface area is 102 Å². The summed E-state index contributed by atoms with van der Waals surface area (Å²) in [4.78, 5) is 11.8. The van der Waals surface area contributed by atoms with Crippen molar-refractivity contribution in [3.05, 3.63) is 12.3 Å². The van der Waals surface area contributed by atoms with Crippen LogP contribution in [0.25, 0.3) is 0 Å². The van der Waals surface area contributed by atoms with E-state index in [1.54, 1.807) is 24.0 Å². The van der Waals surface area contributed by atoms with Crippen LogP contribution < -0.4 is 10.6 Å². The molecule has 0 atom stereocenters. The largest absolute Gasteiger partial charge is 0.335 e. The molecular formula is C12H20N4O. The van der Waals surface area contributed by atoms with Gasteiger partial charge < -0.3 is 5.32 Å². The van der Waals surface area contributed by atoms with E-state index in [1.165, 1.54) is 25.7 Å². The molecule has 0 spiro atoms. The van der Waals surface area contributed by atoms with E-state index in [-0.39, 0.29) is 6.03 Å². The predicted molar refractivity (Wildman–Crippen MR) is 66.9 cm³/mol. The second-order valence-corrected chi connectivity index (χ2v) is 4.63. The Balaban J connectivity index is 1.82. The monoisotopic (exact) mass is 236 g/mol. The van der Waals surface area contributed by atoms with Crippen LogP contribution in [0.2, 0.25) is 0 Å². The van der Waals surface area contributed by atoms with E-state index in [0.717, 1.165) is 18.7 Å². The number of carbonyl (C=O) groups excluding carboxylic acids is 1. The first-order valence-corrected chi connectivity index (χ1v) is 6.31. The van der Waals surface area contributed by atoms with Crippen molar-refractivity contribution in [2.45, 2.75) is 44.6 Å². The zero-order chi connectivity index (χ0) is 12.1. The van der Waals surface area contributed by atoms with Crippen LogP contribution in [0.4, 0.5) is 10.6 Å². The molecule has 1 aromatic heterocycles. The summed E-state index contributed by atoms with van der Waals surface area (Å²) in [5.41, 5.74) is 0. The lowest BCUT2D eigenvalue weighted by molar-refractivity contribution is 0.247. The summed E-state index contributed by atoms with van der Waals surface area (Å²) in [7, 11) is 1.81. The molecule has 0 saturated heterocycles. The number of hydrogen-bond acceptors (Lipinski definition) is 2. The fraction of sp³-hybridized carbons (Fsp3) is 0.667. The van der Waals surface area contributed by atoms with Crippen LogP contribution in [0, 0.1) is 0 Å². The molecule has 17 heavy (non-hydrogen) atoms. The van der Waals surface area contributed by atoms with E-state index in [1.807, 2.05) is 0 Å². The maximum atomic E-state index is 11.8. The highest BCUT2D eigenvalue weighted by Crippen LogP contribution is 2.17. The Morgan fingerprint density at radius 2 is 2.06 bits per heavy atom. The first kappa shape index (κ1) is 12.0. The molecule has 94 valence electrons. The number of carbonyl (C=O) groups is 1. The Bertz CT molecular complexity index is 366. The topological polar surface area (TPSA) is 59.0 Å². The van der Waals surface area contributed by atoms with E-state index in [0.29, 0.717) is 6.04 Å². The molecule has 2 rings (SSSR count). The number of urea groups is 1. The van der Waals surface area contributed by atoms with Crippen LogP contribution in [0.5, 0.6) is 0 Å². The SMILES string of the molecule is Cn1nccc1NC(=O)NC1CCCCCC1. The Hall–Kier alpha value is -1.52. The minimum Gasteiger partial charge on any atom is -0.335 e. The van der Waals surface area contributed by atoms with E-state index in [2.05, 4.69) is 15.7 Å². The van der Waals surface area contributed by atoms with Gasteiger partial charge >= 0.3 is 6.03 Å². The third-order valence-electron chi connectivity index (χ3n) is 3.25. The van der Waals surface area contributed by atoms with Gasteiger partial charge in [0, 0.05) is 19.2 Å². The molecule has 0 aromatic carbocycles. The van der Waals surface area contributed by atoms with Crippen molar-refractivity contribution >= 4 is 11.8 Å². The van der Waals surface area contributed by atoms with Gasteiger partial charge in [0.15, 0.2) is 0 Å². The van der Waals surface area contributed by atoms with Gasteiger partial charge in [-0.15, -0.1) is 0 Å². The quantitative estimate of drug-likeness (QED) is 0.774. The first-order valence-electron chi connectivity index (χ1n) is 6.31. The van der Waals surface area contributed by atoms with Gasteiger partial charge in [-0.05, 0) is 12.8 Å². The highest BCUT2D eigenvalue weighted by molar-refractivity contribution is 5.88.